The van der Waals surface area contributed by atoms with E-state index < -0.39 is 5.60 Å². The zero-order valence-corrected chi connectivity index (χ0v) is 13.4. The van der Waals surface area contributed by atoms with Crippen molar-refractivity contribution in [3.63, 3.8) is 0 Å². The molecule has 0 saturated carbocycles. The summed E-state index contributed by atoms with van der Waals surface area (Å²) in [5.74, 6) is 0.145. The number of hydrogen-bond acceptors (Lipinski definition) is 3. The van der Waals surface area contributed by atoms with Gasteiger partial charge in [0.15, 0.2) is 0 Å². The Hall–Kier alpha value is -1.84. The van der Waals surface area contributed by atoms with Gasteiger partial charge in [-0.1, -0.05) is 37.3 Å². The molecule has 21 heavy (non-hydrogen) atoms. The molecule has 1 aromatic carbocycles. The molecule has 0 unspecified atom stereocenters. The first-order chi connectivity index (χ1) is 9.83. The first-order valence-electron chi connectivity index (χ1n) is 7.40. The second kappa shape index (κ2) is 7.81. The van der Waals surface area contributed by atoms with Crippen molar-refractivity contribution in [2.75, 3.05) is 6.54 Å². The average molecular weight is 290 g/mol. The van der Waals surface area contributed by atoms with E-state index >= 15 is 0 Å². The summed E-state index contributed by atoms with van der Waals surface area (Å²) in [6.07, 6.45) is 1.60. The van der Waals surface area contributed by atoms with E-state index in [2.05, 4.69) is 5.32 Å². The van der Waals surface area contributed by atoms with Gasteiger partial charge in [-0.3, -0.25) is 10.2 Å². The summed E-state index contributed by atoms with van der Waals surface area (Å²) < 4.78 is 5.66. The smallest absolute Gasteiger partial charge is 0.309 e. The van der Waals surface area contributed by atoms with Crippen molar-refractivity contribution >= 4 is 11.8 Å². The first kappa shape index (κ1) is 17.2. The molecule has 1 rings (SSSR count). The molecule has 1 aromatic rings. The third-order valence-corrected chi connectivity index (χ3v) is 3.43. The van der Waals surface area contributed by atoms with E-state index in [1.165, 1.54) is 0 Å². The van der Waals surface area contributed by atoms with Crippen molar-refractivity contribution < 1.29 is 9.53 Å². The van der Waals surface area contributed by atoms with Crippen LogP contribution >= 0.6 is 0 Å². The molecule has 0 aliphatic heterocycles. The van der Waals surface area contributed by atoms with Crippen LogP contribution in [0.4, 0.5) is 0 Å². The number of carbonyl (C=O) groups excluding carboxylic acids is 1. The van der Waals surface area contributed by atoms with Gasteiger partial charge >= 0.3 is 5.97 Å². The second-order valence-corrected chi connectivity index (χ2v) is 5.89. The molecule has 0 radical (unpaired) electrons. The zero-order valence-electron chi connectivity index (χ0n) is 13.4. The van der Waals surface area contributed by atoms with Gasteiger partial charge in [-0.25, -0.2) is 0 Å². The molecule has 116 valence electrons. The number of esters is 1. The maximum Gasteiger partial charge on any atom is 0.309 e. The summed E-state index contributed by atoms with van der Waals surface area (Å²) in [6.45, 7) is 8.13. The van der Waals surface area contributed by atoms with Crippen molar-refractivity contribution in [3.8, 4) is 0 Å². The largest absolute Gasteiger partial charge is 0.455 e. The summed E-state index contributed by atoms with van der Waals surface area (Å²) in [4.78, 5) is 12.2. The Morgan fingerprint density at radius 3 is 2.52 bits per heavy atom. The minimum Gasteiger partial charge on any atom is -0.455 e. The van der Waals surface area contributed by atoms with Gasteiger partial charge < -0.3 is 10.1 Å². The Balaban J connectivity index is 2.46. The van der Waals surface area contributed by atoms with Gasteiger partial charge in [-0.15, -0.1) is 0 Å². The molecule has 0 aliphatic carbocycles. The third-order valence-electron chi connectivity index (χ3n) is 3.43. The molecular formula is C17H26N2O2. The van der Waals surface area contributed by atoms with Crippen LogP contribution in [0.2, 0.25) is 0 Å². The molecule has 0 aliphatic rings. The maximum absolute atomic E-state index is 12.2. The predicted octanol–water partition coefficient (Wildman–Crippen LogP) is 3.47. The lowest BCUT2D eigenvalue weighted by Crippen LogP contribution is -2.29. The van der Waals surface area contributed by atoms with Crippen molar-refractivity contribution in [2.24, 2.45) is 5.92 Å². The summed E-state index contributed by atoms with van der Waals surface area (Å²) in [5.41, 5.74) is 0.378. The van der Waals surface area contributed by atoms with E-state index in [1.807, 2.05) is 51.1 Å². The summed E-state index contributed by atoms with van der Waals surface area (Å²) in [5, 5.41) is 10.2. The lowest BCUT2D eigenvalue weighted by molar-refractivity contribution is -0.162. The Morgan fingerprint density at radius 2 is 1.95 bits per heavy atom. The van der Waals surface area contributed by atoms with Crippen LogP contribution in [0, 0.1) is 11.3 Å². The quantitative estimate of drug-likeness (QED) is 0.350. The topological polar surface area (TPSA) is 62.2 Å². The summed E-state index contributed by atoms with van der Waals surface area (Å²) >= 11 is 0. The van der Waals surface area contributed by atoms with Crippen LogP contribution in [0.15, 0.2) is 30.3 Å². The molecule has 0 heterocycles. The van der Waals surface area contributed by atoms with Crippen LogP contribution in [0.1, 0.15) is 46.1 Å². The Kier molecular flexibility index (Phi) is 6.40. The molecule has 4 heteroatoms. The molecule has 4 nitrogen and oxygen atoms in total. The second-order valence-electron chi connectivity index (χ2n) is 5.89. The predicted molar refractivity (Wildman–Crippen MR) is 85.4 cm³/mol. The number of benzene rings is 1. The molecule has 0 amide bonds. The Labute approximate surface area is 127 Å². The number of hydrogen-bond donors (Lipinski definition) is 2. The maximum atomic E-state index is 12.2. The van der Waals surface area contributed by atoms with Gasteiger partial charge in [0.1, 0.15) is 5.60 Å². The fourth-order valence-electron chi connectivity index (χ4n) is 2.05. The lowest BCUT2D eigenvalue weighted by Gasteiger charge is -2.27. The molecule has 0 bridgehead atoms. The summed E-state index contributed by atoms with van der Waals surface area (Å²) in [6, 6.07) is 9.77. The van der Waals surface area contributed by atoms with Crippen LogP contribution in [-0.4, -0.2) is 18.3 Å². The normalized spacial score (nSPS) is 12.6. The molecule has 0 spiro atoms. The molecule has 0 fully saturated rings. The van der Waals surface area contributed by atoms with Crippen molar-refractivity contribution in [1.82, 2.24) is 5.32 Å². The molecular weight excluding hydrogens is 264 g/mol. The Morgan fingerprint density at radius 1 is 1.33 bits per heavy atom. The van der Waals surface area contributed by atoms with Crippen LogP contribution in [-0.2, 0) is 15.1 Å². The highest BCUT2D eigenvalue weighted by Crippen LogP contribution is 2.26. The minimum atomic E-state index is -0.615. The zero-order chi connectivity index (χ0) is 15.9. The van der Waals surface area contributed by atoms with E-state index in [0.29, 0.717) is 5.84 Å². The number of carbonyl (C=O) groups is 1. The highest BCUT2D eigenvalue weighted by molar-refractivity contribution is 5.75. The van der Waals surface area contributed by atoms with E-state index in [0.717, 1.165) is 24.9 Å². The van der Waals surface area contributed by atoms with Gasteiger partial charge in [0, 0.05) is 6.54 Å². The van der Waals surface area contributed by atoms with Gasteiger partial charge in [0.2, 0.25) is 0 Å². The molecule has 2 N–H and O–H groups in total. The van der Waals surface area contributed by atoms with Gasteiger partial charge in [0.05, 0.1) is 11.8 Å². The van der Waals surface area contributed by atoms with Crippen molar-refractivity contribution in [1.29, 1.82) is 5.41 Å². The number of rotatable bonds is 7. The third kappa shape index (κ3) is 5.98. The first-order valence-corrected chi connectivity index (χ1v) is 7.40. The number of nitrogens with one attached hydrogen (secondary N) is 2. The monoisotopic (exact) mass is 290 g/mol. The molecule has 0 aromatic heterocycles. The van der Waals surface area contributed by atoms with E-state index in [-0.39, 0.29) is 11.9 Å². The summed E-state index contributed by atoms with van der Waals surface area (Å²) in [7, 11) is 0. The van der Waals surface area contributed by atoms with Crippen LogP contribution in [0.3, 0.4) is 0 Å². The van der Waals surface area contributed by atoms with Crippen molar-refractivity contribution in [3.05, 3.63) is 35.9 Å². The van der Waals surface area contributed by atoms with Crippen LogP contribution in [0.5, 0.6) is 0 Å². The minimum absolute atomic E-state index is 0.138. The fourth-order valence-corrected chi connectivity index (χ4v) is 2.05. The SMILES string of the molecule is CC(=N)NCCC[C@H](C)C(=O)OC(C)(C)c1ccccc1. The number of ether oxygens (including phenoxy) is 1. The van der Waals surface area contributed by atoms with Crippen LogP contribution in [0.25, 0.3) is 0 Å². The van der Waals surface area contributed by atoms with Gasteiger partial charge in [-0.2, -0.15) is 0 Å². The van der Waals surface area contributed by atoms with Crippen molar-refractivity contribution in [2.45, 2.75) is 46.1 Å². The fraction of sp³-hybridized carbons (Fsp3) is 0.529. The van der Waals surface area contributed by atoms with Gasteiger partial charge in [-0.05, 0) is 39.2 Å². The van der Waals surface area contributed by atoms with E-state index in [9.17, 15) is 4.79 Å². The van der Waals surface area contributed by atoms with Gasteiger partial charge in [0.25, 0.3) is 0 Å². The van der Waals surface area contributed by atoms with E-state index in [1.54, 1.807) is 6.92 Å². The van der Waals surface area contributed by atoms with Crippen LogP contribution < -0.4 is 5.32 Å². The molecule has 1 atom stereocenters. The number of amidine groups is 1. The Bertz CT molecular complexity index is 469. The highest BCUT2D eigenvalue weighted by Gasteiger charge is 2.27. The average Bonchev–Trinajstić information content (AvgIpc) is 2.43. The standard InChI is InChI=1S/C17H26N2O2/c1-13(9-8-12-19-14(2)18)16(20)21-17(3,4)15-10-6-5-7-11-15/h5-7,10-11,13H,8-9,12H2,1-4H3,(H2,18,19)/t13-/m0/s1. The van der Waals surface area contributed by atoms with E-state index in [4.69, 9.17) is 10.1 Å². The molecule has 0 saturated heterocycles. The highest BCUT2D eigenvalue weighted by atomic mass is 16.6. The lowest BCUT2D eigenvalue weighted by atomic mass is 9.97.